The molecule has 0 aromatic carbocycles. The van der Waals surface area contributed by atoms with Crippen LogP contribution in [0.4, 0.5) is 0 Å². The predicted octanol–water partition coefficient (Wildman–Crippen LogP) is 4.04. The SMILES string of the molecule is CCCCC(CC)CC(N)C(CC)(CC)N(C)C. The second-order valence-electron chi connectivity index (χ2n) is 5.96. The van der Waals surface area contributed by atoms with Gasteiger partial charge >= 0.3 is 0 Å². The molecule has 0 saturated heterocycles. The highest BCUT2D eigenvalue weighted by molar-refractivity contribution is 4.96. The summed E-state index contributed by atoms with van der Waals surface area (Å²) in [7, 11) is 4.36. The van der Waals surface area contributed by atoms with Crippen molar-refractivity contribution in [3.05, 3.63) is 0 Å². The van der Waals surface area contributed by atoms with E-state index in [0.29, 0.717) is 6.04 Å². The molecule has 0 spiro atoms. The number of unbranched alkanes of at least 4 members (excludes halogenated alkanes) is 1. The van der Waals surface area contributed by atoms with Gasteiger partial charge in [-0.05, 0) is 39.3 Å². The molecule has 0 heterocycles. The van der Waals surface area contributed by atoms with Crippen molar-refractivity contribution in [2.45, 2.75) is 84.2 Å². The summed E-state index contributed by atoms with van der Waals surface area (Å²) in [4.78, 5) is 2.35. The minimum atomic E-state index is 0.180. The lowest BCUT2D eigenvalue weighted by Crippen LogP contribution is -2.57. The maximum absolute atomic E-state index is 6.58. The molecule has 110 valence electrons. The normalized spacial score (nSPS) is 16.0. The number of rotatable bonds is 10. The maximum atomic E-state index is 6.58. The average Bonchev–Trinajstić information content (AvgIpc) is 2.36. The van der Waals surface area contributed by atoms with Crippen LogP contribution in [-0.4, -0.2) is 30.6 Å². The van der Waals surface area contributed by atoms with Gasteiger partial charge in [0, 0.05) is 11.6 Å². The van der Waals surface area contributed by atoms with Gasteiger partial charge < -0.3 is 10.6 Å². The third kappa shape index (κ3) is 4.55. The van der Waals surface area contributed by atoms with E-state index in [0.717, 1.165) is 18.8 Å². The summed E-state index contributed by atoms with van der Waals surface area (Å²) in [5.74, 6) is 0.803. The lowest BCUT2D eigenvalue weighted by molar-refractivity contribution is 0.0923. The van der Waals surface area contributed by atoms with E-state index < -0.39 is 0 Å². The Bertz CT molecular complexity index is 197. The van der Waals surface area contributed by atoms with Gasteiger partial charge in [0.2, 0.25) is 0 Å². The molecule has 0 aromatic heterocycles. The summed E-state index contributed by atoms with van der Waals surface area (Å²) in [5.41, 5.74) is 6.76. The number of hydrogen-bond acceptors (Lipinski definition) is 2. The van der Waals surface area contributed by atoms with Gasteiger partial charge in [-0.15, -0.1) is 0 Å². The lowest BCUT2D eigenvalue weighted by atomic mass is 9.78. The molecule has 0 aromatic rings. The smallest absolute Gasteiger partial charge is 0.0349 e. The third-order valence-electron chi connectivity index (χ3n) is 4.94. The van der Waals surface area contributed by atoms with E-state index in [9.17, 15) is 0 Å². The quantitative estimate of drug-likeness (QED) is 0.639. The van der Waals surface area contributed by atoms with Gasteiger partial charge in [0.1, 0.15) is 0 Å². The Morgan fingerprint density at radius 2 is 1.61 bits per heavy atom. The van der Waals surface area contributed by atoms with Gasteiger partial charge in [-0.1, -0.05) is 53.4 Å². The number of nitrogens with zero attached hydrogens (tertiary/aromatic N) is 1. The molecule has 2 atom stereocenters. The zero-order valence-corrected chi connectivity index (χ0v) is 13.6. The molecule has 0 aliphatic heterocycles. The zero-order valence-electron chi connectivity index (χ0n) is 13.6. The van der Waals surface area contributed by atoms with Crippen molar-refractivity contribution >= 4 is 0 Å². The van der Waals surface area contributed by atoms with Crippen LogP contribution >= 0.6 is 0 Å². The maximum Gasteiger partial charge on any atom is 0.0349 e. The van der Waals surface area contributed by atoms with Gasteiger partial charge in [-0.3, -0.25) is 0 Å². The highest BCUT2D eigenvalue weighted by atomic mass is 15.2. The van der Waals surface area contributed by atoms with Crippen LogP contribution in [0, 0.1) is 5.92 Å². The van der Waals surface area contributed by atoms with E-state index in [4.69, 9.17) is 5.73 Å². The van der Waals surface area contributed by atoms with Gasteiger partial charge in [-0.25, -0.2) is 0 Å². The van der Waals surface area contributed by atoms with E-state index >= 15 is 0 Å². The van der Waals surface area contributed by atoms with Crippen molar-refractivity contribution < 1.29 is 0 Å². The fraction of sp³-hybridized carbons (Fsp3) is 1.00. The lowest BCUT2D eigenvalue weighted by Gasteiger charge is -2.44. The fourth-order valence-electron chi connectivity index (χ4n) is 3.30. The Morgan fingerprint density at radius 3 is 1.94 bits per heavy atom. The van der Waals surface area contributed by atoms with Crippen LogP contribution in [-0.2, 0) is 0 Å². The molecule has 0 aliphatic carbocycles. The molecular weight excluding hydrogens is 220 g/mol. The zero-order chi connectivity index (χ0) is 14.2. The molecule has 0 fully saturated rings. The van der Waals surface area contributed by atoms with Crippen molar-refractivity contribution in [1.29, 1.82) is 0 Å². The van der Waals surface area contributed by atoms with Gasteiger partial charge in [0.05, 0.1) is 0 Å². The van der Waals surface area contributed by atoms with Gasteiger partial charge in [0.25, 0.3) is 0 Å². The van der Waals surface area contributed by atoms with Crippen LogP contribution in [0.3, 0.4) is 0 Å². The van der Waals surface area contributed by atoms with Crippen LogP contribution in [0.15, 0.2) is 0 Å². The van der Waals surface area contributed by atoms with Crippen LogP contribution < -0.4 is 5.73 Å². The first-order chi connectivity index (χ1) is 8.48. The molecule has 2 heteroatoms. The van der Waals surface area contributed by atoms with Crippen molar-refractivity contribution in [2.24, 2.45) is 11.7 Å². The number of nitrogens with two attached hydrogens (primary N) is 1. The van der Waals surface area contributed by atoms with E-state index in [1.165, 1.54) is 32.1 Å². The number of likely N-dealkylation sites (N-methyl/N-ethyl adjacent to an activating group) is 1. The highest BCUT2D eigenvalue weighted by Crippen LogP contribution is 2.30. The molecule has 0 aliphatic rings. The topological polar surface area (TPSA) is 29.3 Å². The monoisotopic (exact) mass is 256 g/mol. The van der Waals surface area contributed by atoms with Crippen LogP contribution in [0.2, 0.25) is 0 Å². The summed E-state index contributed by atoms with van der Waals surface area (Å²) in [5, 5.41) is 0. The summed E-state index contributed by atoms with van der Waals surface area (Å²) in [6.07, 6.45) is 8.72. The van der Waals surface area contributed by atoms with E-state index in [1.54, 1.807) is 0 Å². The molecule has 2 unspecified atom stereocenters. The average molecular weight is 256 g/mol. The Morgan fingerprint density at radius 1 is 1.06 bits per heavy atom. The Balaban J connectivity index is 4.62. The summed E-state index contributed by atoms with van der Waals surface area (Å²) in [6.45, 7) is 9.13. The molecule has 0 amide bonds. The molecule has 2 nitrogen and oxygen atoms in total. The van der Waals surface area contributed by atoms with Crippen LogP contribution in [0.25, 0.3) is 0 Å². The van der Waals surface area contributed by atoms with E-state index in [-0.39, 0.29) is 5.54 Å². The predicted molar refractivity (Wildman–Crippen MR) is 82.9 cm³/mol. The van der Waals surface area contributed by atoms with E-state index in [2.05, 4.69) is 46.7 Å². The van der Waals surface area contributed by atoms with Crippen molar-refractivity contribution in [3.8, 4) is 0 Å². The highest BCUT2D eigenvalue weighted by Gasteiger charge is 2.36. The minimum absolute atomic E-state index is 0.180. The van der Waals surface area contributed by atoms with Crippen LogP contribution in [0.1, 0.15) is 72.6 Å². The first-order valence-electron chi connectivity index (χ1n) is 7.91. The Labute approximate surface area is 115 Å². The molecule has 0 bridgehead atoms. The van der Waals surface area contributed by atoms with Gasteiger partial charge in [-0.2, -0.15) is 0 Å². The standard InChI is InChI=1S/C16H36N2/c1-7-11-12-14(8-2)13-15(17)16(9-3,10-4)18(5)6/h14-15H,7-13,17H2,1-6H3. The first kappa shape index (κ1) is 17.9. The second kappa shape index (κ2) is 8.92. The summed E-state index contributed by atoms with van der Waals surface area (Å²) < 4.78 is 0. The minimum Gasteiger partial charge on any atom is -0.326 e. The Kier molecular flexibility index (Phi) is 8.89. The summed E-state index contributed by atoms with van der Waals surface area (Å²) in [6, 6.07) is 0.296. The molecular formula is C16H36N2. The van der Waals surface area contributed by atoms with Crippen LogP contribution in [0.5, 0.6) is 0 Å². The number of hydrogen-bond donors (Lipinski definition) is 1. The fourth-order valence-corrected chi connectivity index (χ4v) is 3.30. The molecule has 18 heavy (non-hydrogen) atoms. The second-order valence-corrected chi connectivity index (χ2v) is 5.96. The molecule has 0 radical (unpaired) electrons. The van der Waals surface area contributed by atoms with E-state index in [1.807, 2.05) is 0 Å². The van der Waals surface area contributed by atoms with Gasteiger partial charge in [0.15, 0.2) is 0 Å². The first-order valence-corrected chi connectivity index (χ1v) is 7.91. The van der Waals surface area contributed by atoms with Crippen molar-refractivity contribution in [3.63, 3.8) is 0 Å². The summed E-state index contributed by atoms with van der Waals surface area (Å²) >= 11 is 0. The molecule has 0 saturated carbocycles. The Hall–Kier alpha value is -0.0800. The third-order valence-corrected chi connectivity index (χ3v) is 4.94. The van der Waals surface area contributed by atoms with Crippen molar-refractivity contribution in [1.82, 2.24) is 4.90 Å². The largest absolute Gasteiger partial charge is 0.326 e. The molecule has 0 rings (SSSR count). The van der Waals surface area contributed by atoms with Crippen molar-refractivity contribution in [2.75, 3.05) is 14.1 Å². The molecule has 2 N–H and O–H groups in total.